The van der Waals surface area contributed by atoms with Crippen molar-refractivity contribution in [3.05, 3.63) is 28.8 Å². The smallest absolute Gasteiger partial charge is 0.220 e. The maximum atomic E-state index is 13.6. The van der Waals surface area contributed by atoms with Crippen LogP contribution in [-0.4, -0.2) is 27.4 Å². The lowest BCUT2D eigenvalue weighted by atomic mass is 10.2. The molecule has 0 bridgehead atoms. The van der Waals surface area contributed by atoms with Crippen LogP contribution in [0.25, 0.3) is 11.0 Å². The summed E-state index contributed by atoms with van der Waals surface area (Å²) in [6.07, 6.45) is 1.90. The Hall–Kier alpha value is -1.33. The van der Waals surface area contributed by atoms with E-state index in [0.717, 1.165) is 17.8 Å². The van der Waals surface area contributed by atoms with E-state index in [1.54, 1.807) is 6.07 Å². The summed E-state index contributed by atoms with van der Waals surface area (Å²) in [5, 5.41) is 2.99. The van der Waals surface area contributed by atoms with E-state index in [9.17, 15) is 9.18 Å². The lowest BCUT2D eigenvalue weighted by Gasteiger charge is -2.14. The van der Waals surface area contributed by atoms with E-state index in [0.29, 0.717) is 30.8 Å². The fourth-order valence-corrected chi connectivity index (χ4v) is 3.01. The number of aromatic nitrogens is 2. The Bertz CT molecular complexity index is 701. The second-order valence-corrected chi connectivity index (χ2v) is 5.92. The number of hydrogen-bond donors (Lipinski definition) is 1. The van der Waals surface area contributed by atoms with Crippen molar-refractivity contribution in [2.75, 3.05) is 5.88 Å². The number of amides is 1. The van der Waals surface area contributed by atoms with Crippen LogP contribution in [0.5, 0.6) is 0 Å². The van der Waals surface area contributed by atoms with E-state index >= 15 is 0 Å². The fourth-order valence-electron chi connectivity index (χ4n) is 2.68. The molecule has 1 aliphatic heterocycles. The molecule has 21 heavy (non-hydrogen) atoms. The normalized spacial score (nSPS) is 18.4. The first-order valence-electron chi connectivity index (χ1n) is 6.78. The highest BCUT2D eigenvalue weighted by Crippen LogP contribution is 2.25. The number of hydrogen-bond acceptors (Lipinski definition) is 2. The quantitative estimate of drug-likeness (QED) is 0.877. The van der Waals surface area contributed by atoms with Gasteiger partial charge in [-0.25, -0.2) is 9.37 Å². The van der Waals surface area contributed by atoms with E-state index in [4.69, 9.17) is 23.2 Å². The molecule has 1 aromatic heterocycles. The number of halogens is 3. The van der Waals surface area contributed by atoms with Gasteiger partial charge in [0.15, 0.2) is 0 Å². The van der Waals surface area contributed by atoms with Crippen molar-refractivity contribution in [3.63, 3.8) is 0 Å². The predicted molar refractivity (Wildman–Crippen MR) is 80.3 cm³/mol. The Morgan fingerprint density at radius 2 is 2.29 bits per heavy atom. The van der Waals surface area contributed by atoms with Crippen LogP contribution in [-0.2, 0) is 17.8 Å². The average Bonchev–Trinajstić information content (AvgIpc) is 2.97. The Morgan fingerprint density at radius 1 is 1.48 bits per heavy atom. The largest absolute Gasteiger partial charge is 0.352 e. The fraction of sp³-hybridized carbons (Fsp3) is 0.429. The average molecular weight is 330 g/mol. The van der Waals surface area contributed by atoms with Gasteiger partial charge in [0.2, 0.25) is 5.91 Å². The lowest BCUT2D eigenvalue weighted by molar-refractivity contribution is -0.119. The predicted octanol–water partition coefficient (Wildman–Crippen LogP) is 2.89. The molecule has 0 saturated carbocycles. The number of nitrogens with zero attached hydrogens (tertiary/aromatic N) is 2. The second kappa shape index (κ2) is 5.81. The van der Waals surface area contributed by atoms with Gasteiger partial charge >= 0.3 is 0 Å². The monoisotopic (exact) mass is 329 g/mol. The molecule has 4 nitrogen and oxygen atoms in total. The molecule has 1 aromatic carbocycles. The van der Waals surface area contributed by atoms with Crippen molar-refractivity contribution in [2.24, 2.45) is 0 Å². The maximum Gasteiger partial charge on any atom is 0.220 e. The molecular weight excluding hydrogens is 316 g/mol. The molecule has 1 saturated heterocycles. The van der Waals surface area contributed by atoms with Gasteiger partial charge in [0, 0.05) is 37.4 Å². The van der Waals surface area contributed by atoms with Crippen LogP contribution in [0.3, 0.4) is 0 Å². The lowest BCUT2D eigenvalue weighted by Crippen LogP contribution is -2.30. The first-order chi connectivity index (χ1) is 10.1. The number of nitrogens with one attached hydrogen (secondary N) is 1. The van der Waals surface area contributed by atoms with Gasteiger partial charge in [-0.05, 0) is 12.5 Å². The van der Waals surface area contributed by atoms with Crippen molar-refractivity contribution in [2.45, 2.75) is 31.8 Å². The van der Waals surface area contributed by atoms with Crippen molar-refractivity contribution in [1.82, 2.24) is 14.9 Å². The summed E-state index contributed by atoms with van der Waals surface area (Å²) < 4.78 is 15.5. The molecule has 1 fully saturated rings. The number of fused-ring (bicyclic) bond motifs is 1. The molecule has 2 heterocycles. The number of imidazole rings is 1. The van der Waals surface area contributed by atoms with E-state index in [-0.39, 0.29) is 17.0 Å². The van der Waals surface area contributed by atoms with Crippen molar-refractivity contribution in [3.8, 4) is 0 Å². The van der Waals surface area contributed by atoms with Gasteiger partial charge in [-0.15, -0.1) is 11.6 Å². The molecule has 0 radical (unpaired) electrons. The first kappa shape index (κ1) is 14.6. The molecule has 2 aromatic rings. The number of benzene rings is 1. The number of carbonyl (C=O) groups is 1. The van der Waals surface area contributed by atoms with Gasteiger partial charge in [-0.3, -0.25) is 4.79 Å². The van der Waals surface area contributed by atoms with E-state index < -0.39 is 5.82 Å². The molecule has 0 aliphatic carbocycles. The van der Waals surface area contributed by atoms with Gasteiger partial charge in [0.1, 0.15) is 11.6 Å². The Kier molecular flexibility index (Phi) is 4.04. The van der Waals surface area contributed by atoms with Crippen LogP contribution < -0.4 is 5.32 Å². The molecule has 112 valence electrons. The number of alkyl halides is 1. The molecule has 1 N–H and O–H groups in total. The zero-order valence-corrected chi connectivity index (χ0v) is 12.7. The molecule has 1 aliphatic rings. The topological polar surface area (TPSA) is 46.9 Å². The summed E-state index contributed by atoms with van der Waals surface area (Å²) in [4.78, 5) is 15.8. The van der Waals surface area contributed by atoms with Crippen LogP contribution in [0.15, 0.2) is 12.1 Å². The van der Waals surface area contributed by atoms with Gasteiger partial charge < -0.3 is 9.88 Å². The Balaban J connectivity index is 2.02. The SMILES string of the molecule is O=C1CCC(Cn2c(CCCl)nc3cc(F)c(Cl)cc32)N1. The molecule has 1 amide bonds. The van der Waals surface area contributed by atoms with E-state index in [1.807, 2.05) is 4.57 Å². The summed E-state index contributed by atoms with van der Waals surface area (Å²) in [5.41, 5.74) is 1.32. The van der Waals surface area contributed by atoms with Gasteiger partial charge in [0.05, 0.1) is 16.1 Å². The second-order valence-electron chi connectivity index (χ2n) is 5.14. The van der Waals surface area contributed by atoms with Crippen LogP contribution >= 0.6 is 23.2 Å². The maximum absolute atomic E-state index is 13.6. The summed E-state index contributed by atoms with van der Waals surface area (Å²) in [6.45, 7) is 0.594. The molecular formula is C14H14Cl2FN3O. The molecule has 1 atom stereocenters. The van der Waals surface area contributed by atoms with Crippen LogP contribution in [0, 0.1) is 5.82 Å². The Labute approximate surface area is 131 Å². The van der Waals surface area contributed by atoms with Crippen LogP contribution in [0.4, 0.5) is 4.39 Å². The summed E-state index contributed by atoms with van der Waals surface area (Å²) in [7, 11) is 0. The minimum atomic E-state index is -0.486. The zero-order valence-electron chi connectivity index (χ0n) is 11.2. The van der Waals surface area contributed by atoms with Crippen LogP contribution in [0.2, 0.25) is 5.02 Å². The molecule has 7 heteroatoms. The first-order valence-corrected chi connectivity index (χ1v) is 7.69. The third-order valence-corrected chi connectivity index (χ3v) is 4.15. The van der Waals surface area contributed by atoms with E-state index in [1.165, 1.54) is 6.07 Å². The highest BCUT2D eigenvalue weighted by atomic mass is 35.5. The molecule has 3 rings (SSSR count). The van der Waals surface area contributed by atoms with E-state index in [2.05, 4.69) is 10.3 Å². The number of rotatable bonds is 4. The number of aryl methyl sites for hydroxylation is 1. The summed E-state index contributed by atoms with van der Waals surface area (Å²) in [5.74, 6) is 0.784. The highest BCUT2D eigenvalue weighted by Gasteiger charge is 2.23. The highest BCUT2D eigenvalue weighted by molar-refractivity contribution is 6.31. The van der Waals surface area contributed by atoms with Crippen molar-refractivity contribution < 1.29 is 9.18 Å². The molecule has 0 spiro atoms. The minimum Gasteiger partial charge on any atom is -0.352 e. The van der Waals surface area contributed by atoms with Crippen molar-refractivity contribution >= 4 is 40.1 Å². The minimum absolute atomic E-state index is 0.0624. The summed E-state index contributed by atoms with van der Waals surface area (Å²) in [6, 6.07) is 2.97. The Morgan fingerprint density at radius 3 is 2.95 bits per heavy atom. The summed E-state index contributed by atoms with van der Waals surface area (Å²) >= 11 is 11.7. The van der Waals surface area contributed by atoms with Gasteiger partial charge in [0.25, 0.3) is 0 Å². The third kappa shape index (κ3) is 2.85. The van der Waals surface area contributed by atoms with Gasteiger partial charge in [-0.1, -0.05) is 11.6 Å². The van der Waals surface area contributed by atoms with Crippen molar-refractivity contribution in [1.29, 1.82) is 0 Å². The zero-order chi connectivity index (χ0) is 15.0. The van der Waals surface area contributed by atoms with Crippen LogP contribution in [0.1, 0.15) is 18.7 Å². The molecule has 1 unspecified atom stereocenters. The third-order valence-electron chi connectivity index (χ3n) is 3.68. The number of carbonyl (C=O) groups excluding carboxylic acids is 1. The standard InChI is InChI=1S/C14H14Cl2FN3O/c15-4-3-13-19-11-6-10(17)9(16)5-12(11)20(13)7-8-1-2-14(21)18-8/h5-6,8H,1-4,7H2,(H,18,21). The van der Waals surface area contributed by atoms with Gasteiger partial charge in [-0.2, -0.15) is 0 Å².